The summed E-state index contributed by atoms with van der Waals surface area (Å²) in [6.07, 6.45) is 2.68. The highest BCUT2D eigenvalue weighted by molar-refractivity contribution is 5.67. The summed E-state index contributed by atoms with van der Waals surface area (Å²) in [5.74, 6) is 0.547. The molecule has 4 heteroatoms. The van der Waals surface area contributed by atoms with Gasteiger partial charge in [0, 0.05) is 13.1 Å². The summed E-state index contributed by atoms with van der Waals surface area (Å²) in [7, 11) is 0. The van der Waals surface area contributed by atoms with E-state index in [1.165, 1.54) is 5.56 Å². The first-order valence-electron chi connectivity index (χ1n) is 8.89. The van der Waals surface area contributed by atoms with Gasteiger partial charge in [0.2, 0.25) is 0 Å². The van der Waals surface area contributed by atoms with Crippen LogP contribution in [0, 0.1) is 5.92 Å². The first-order valence-corrected chi connectivity index (χ1v) is 8.89. The predicted molar refractivity (Wildman–Crippen MR) is 97.0 cm³/mol. The Bertz CT molecular complexity index is 679. The van der Waals surface area contributed by atoms with Crippen molar-refractivity contribution >= 4 is 6.09 Å². The van der Waals surface area contributed by atoms with E-state index < -0.39 is 0 Å². The van der Waals surface area contributed by atoms with Crippen LogP contribution in [0.2, 0.25) is 0 Å². The topological polar surface area (TPSA) is 49.8 Å². The van der Waals surface area contributed by atoms with Crippen LogP contribution < -0.4 is 0 Å². The van der Waals surface area contributed by atoms with Crippen molar-refractivity contribution in [1.82, 2.24) is 4.90 Å². The van der Waals surface area contributed by atoms with Gasteiger partial charge in [0.15, 0.2) is 0 Å². The Labute approximate surface area is 149 Å². The zero-order valence-electron chi connectivity index (χ0n) is 14.4. The Morgan fingerprint density at radius 1 is 1.00 bits per heavy atom. The van der Waals surface area contributed by atoms with Gasteiger partial charge in [-0.1, -0.05) is 54.6 Å². The van der Waals surface area contributed by atoms with E-state index in [0.29, 0.717) is 12.5 Å². The molecule has 2 aromatic carbocycles. The highest BCUT2D eigenvalue weighted by Crippen LogP contribution is 2.24. The Kier molecular flexibility index (Phi) is 6.07. The predicted octanol–water partition coefficient (Wildman–Crippen LogP) is 3.77. The lowest BCUT2D eigenvalue weighted by Crippen LogP contribution is -2.39. The van der Waals surface area contributed by atoms with Gasteiger partial charge in [0.25, 0.3) is 0 Å². The average molecular weight is 339 g/mol. The maximum atomic E-state index is 12.2. The normalized spacial score (nSPS) is 15.2. The number of rotatable bonds is 5. The number of aliphatic hydroxyl groups excluding tert-OH is 1. The fourth-order valence-electron chi connectivity index (χ4n) is 3.35. The quantitative estimate of drug-likeness (QED) is 0.902. The van der Waals surface area contributed by atoms with E-state index in [2.05, 4.69) is 6.07 Å². The van der Waals surface area contributed by atoms with Crippen LogP contribution in [0.15, 0.2) is 54.6 Å². The van der Waals surface area contributed by atoms with Crippen molar-refractivity contribution in [3.63, 3.8) is 0 Å². The molecule has 0 aliphatic carbocycles. The number of amides is 1. The average Bonchev–Trinajstić information content (AvgIpc) is 2.68. The monoisotopic (exact) mass is 339 g/mol. The smallest absolute Gasteiger partial charge is 0.410 e. The molecule has 2 aromatic rings. The molecule has 1 saturated heterocycles. The van der Waals surface area contributed by atoms with Gasteiger partial charge in [0.05, 0.1) is 6.61 Å². The lowest BCUT2D eigenvalue weighted by molar-refractivity contribution is 0.0823. The summed E-state index contributed by atoms with van der Waals surface area (Å²) in [4.78, 5) is 14.0. The first-order chi connectivity index (χ1) is 12.3. The van der Waals surface area contributed by atoms with Crippen LogP contribution in [0.25, 0.3) is 0 Å². The van der Waals surface area contributed by atoms with Gasteiger partial charge in [0.1, 0.15) is 6.61 Å². The molecule has 0 atom stereocenters. The van der Waals surface area contributed by atoms with E-state index in [1.807, 2.05) is 48.5 Å². The Morgan fingerprint density at radius 2 is 1.64 bits per heavy atom. The summed E-state index contributed by atoms with van der Waals surface area (Å²) < 4.78 is 5.41. The van der Waals surface area contributed by atoms with Crippen LogP contribution in [0.1, 0.15) is 29.5 Å². The fourth-order valence-corrected chi connectivity index (χ4v) is 3.35. The van der Waals surface area contributed by atoms with E-state index >= 15 is 0 Å². The summed E-state index contributed by atoms with van der Waals surface area (Å²) >= 11 is 0. The minimum absolute atomic E-state index is 0.0842. The lowest BCUT2D eigenvalue weighted by atomic mass is 9.88. The summed E-state index contributed by atoms with van der Waals surface area (Å²) in [6.45, 7) is 1.88. The van der Waals surface area contributed by atoms with Crippen molar-refractivity contribution in [2.75, 3.05) is 13.1 Å². The maximum Gasteiger partial charge on any atom is 0.410 e. The molecule has 0 aromatic heterocycles. The zero-order chi connectivity index (χ0) is 17.5. The summed E-state index contributed by atoms with van der Waals surface area (Å²) in [5, 5.41) is 9.45. The van der Waals surface area contributed by atoms with Crippen LogP contribution in [-0.2, 0) is 24.4 Å². The molecule has 0 unspecified atom stereocenters. The third-order valence-corrected chi connectivity index (χ3v) is 4.88. The molecule has 25 heavy (non-hydrogen) atoms. The van der Waals surface area contributed by atoms with Crippen molar-refractivity contribution < 1.29 is 14.6 Å². The van der Waals surface area contributed by atoms with Crippen molar-refractivity contribution in [2.24, 2.45) is 5.92 Å². The highest BCUT2D eigenvalue weighted by Gasteiger charge is 2.24. The molecule has 1 fully saturated rings. The first kappa shape index (κ1) is 17.5. The van der Waals surface area contributed by atoms with Gasteiger partial charge in [-0.25, -0.2) is 4.79 Å². The van der Waals surface area contributed by atoms with Crippen molar-refractivity contribution in [1.29, 1.82) is 0 Å². The molecule has 0 saturated carbocycles. The second-order valence-corrected chi connectivity index (χ2v) is 6.60. The molecule has 132 valence electrons. The van der Waals surface area contributed by atoms with E-state index in [9.17, 15) is 9.90 Å². The third-order valence-electron chi connectivity index (χ3n) is 4.88. The molecule has 0 bridgehead atoms. The molecule has 0 radical (unpaired) electrons. The fraction of sp³-hybridized carbons (Fsp3) is 0.381. The summed E-state index contributed by atoms with van der Waals surface area (Å²) in [6, 6.07) is 17.8. The van der Waals surface area contributed by atoms with Gasteiger partial charge < -0.3 is 14.7 Å². The molecule has 1 N–H and O–H groups in total. The van der Waals surface area contributed by atoms with Crippen molar-refractivity contribution in [3.05, 3.63) is 71.3 Å². The number of hydrogen-bond acceptors (Lipinski definition) is 3. The maximum absolute atomic E-state index is 12.2. The van der Waals surface area contributed by atoms with Gasteiger partial charge in [-0.15, -0.1) is 0 Å². The standard InChI is InChI=1S/C21H25NO3/c23-15-20-9-5-4-8-19(20)14-17-10-12-22(13-11-17)21(24)25-16-18-6-2-1-3-7-18/h1-9,17,23H,10-16H2. The Hall–Kier alpha value is -2.33. The largest absolute Gasteiger partial charge is 0.445 e. The molecule has 1 heterocycles. The second-order valence-electron chi connectivity index (χ2n) is 6.60. The Balaban J connectivity index is 1.46. The lowest BCUT2D eigenvalue weighted by Gasteiger charge is -2.31. The molecule has 1 amide bonds. The molecular formula is C21H25NO3. The van der Waals surface area contributed by atoms with E-state index in [-0.39, 0.29) is 12.7 Å². The highest BCUT2D eigenvalue weighted by atomic mass is 16.6. The zero-order valence-corrected chi connectivity index (χ0v) is 14.4. The third kappa shape index (κ3) is 4.83. The van der Waals surface area contributed by atoms with Crippen molar-refractivity contribution in [3.8, 4) is 0 Å². The number of aliphatic hydroxyl groups is 1. The van der Waals surface area contributed by atoms with E-state index in [0.717, 1.165) is 43.5 Å². The number of carbonyl (C=O) groups is 1. The van der Waals surface area contributed by atoms with Crippen LogP contribution in [-0.4, -0.2) is 29.2 Å². The molecular weight excluding hydrogens is 314 g/mol. The van der Waals surface area contributed by atoms with Crippen molar-refractivity contribution in [2.45, 2.75) is 32.5 Å². The number of benzene rings is 2. The summed E-state index contributed by atoms with van der Waals surface area (Å²) in [5.41, 5.74) is 3.23. The molecule has 1 aliphatic heterocycles. The van der Waals surface area contributed by atoms with Gasteiger partial charge in [-0.2, -0.15) is 0 Å². The number of likely N-dealkylation sites (tertiary alicyclic amines) is 1. The van der Waals surface area contributed by atoms with E-state index in [1.54, 1.807) is 4.90 Å². The Morgan fingerprint density at radius 3 is 2.32 bits per heavy atom. The molecule has 1 aliphatic rings. The second kappa shape index (κ2) is 8.67. The number of ether oxygens (including phenoxy) is 1. The van der Waals surface area contributed by atoms with Crippen LogP contribution in [0.5, 0.6) is 0 Å². The van der Waals surface area contributed by atoms with Gasteiger partial charge in [-0.3, -0.25) is 0 Å². The number of carbonyl (C=O) groups excluding carboxylic acids is 1. The minimum atomic E-state index is -0.224. The van der Waals surface area contributed by atoms with Gasteiger partial charge >= 0.3 is 6.09 Å². The SMILES string of the molecule is O=C(OCc1ccccc1)N1CCC(Cc2ccccc2CO)CC1. The van der Waals surface area contributed by atoms with Crippen LogP contribution in [0.4, 0.5) is 4.79 Å². The number of hydrogen-bond donors (Lipinski definition) is 1. The molecule has 4 nitrogen and oxygen atoms in total. The van der Waals surface area contributed by atoms with Crippen LogP contribution in [0.3, 0.4) is 0 Å². The van der Waals surface area contributed by atoms with E-state index in [4.69, 9.17) is 4.74 Å². The van der Waals surface area contributed by atoms with Crippen LogP contribution >= 0.6 is 0 Å². The van der Waals surface area contributed by atoms with Gasteiger partial charge in [-0.05, 0) is 41.9 Å². The molecule has 3 rings (SSSR count). The minimum Gasteiger partial charge on any atom is -0.445 e. The molecule has 0 spiro atoms. The number of nitrogens with zero attached hydrogens (tertiary/aromatic N) is 1. The number of piperidine rings is 1.